The average Bonchev–Trinajstić information content (AvgIpc) is 2.60. The molecule has 22 heavy (non-hydrogen) atoms. The van der Waals surface area contributed by atoms with E-state index in [1.807, 2.05) is 30.3 Å². The third kappa shape index (κ3) is 2.48. The second kappa shape index (κ2) is 6.06. The predicted molar refractivity (Wildman–Crippen MR) is 88.9 cm³/mol. The molecule has 0 N–H and O–H groups in total. The van der Waals surface area contributed by atoms with E-state index < -0.39 is 9.05 Å². The molecule has 3 aromatic carbocycles. The minimum Gasteiger partial charge on any atom is -0.479 e. The van der Waals surface area contributed by atoms with Gasteiger partial charge in [-0.05, 0) is 22.2 Å². The van der Waals surface area contributed by atoms with Gasteiger partial charge in [0.1, 0.15) is 5.75 Å². The standard InChI is InChI=1S/C17H18O4Si/c1-18-22(19-2,20-3)21-17-10-6-9-15-14-8-5-4-7-13(14)11-12-16(15)17/h4-12H,1-3H3. The summed E-state index contributed by atoms with van der Waals surface area (Å²) in [5, 5.41) is 4.51. The Morgan fingerprint density at radius 3 is 2.05 bits per heavy atom. The van der Waals surface area contributed by atoms with Gasteiger partial charge in [-0.15, -0.1) is 0 Å². The van der Waals surface area contributed by atoms with E-state index in [2.05, 4.69) is 24.3 Å². The fourth-order valence-electron chi connectivity index (χ4n) is 2.61. The Morgan fingerprint density at radius 2 is 1.32 bits per heavy atom. The highest BCUT2D eigenvalue weighted by Gasteiger charge is 2.45. The summed E-state index contributed by atoms with van der Waals surface area (Å²) in [4.78, 5) is 0. The molecule has 0 saturated heterocycles. The maximum absolute atomic E-state index is 5.98. The van der Waals surface area contributed by atoms with Crippen molar-refractivity contribution in [3.8, 4) is 5.75 Å². The van der Waals surface area contributed by atoms with Gasteiger partial charge in [0, 0.05) is 26.7 Å². The monoisotopic (exact) mass is 314 g/mol. The molecular weight excluding hydrogens is 296 g/mol. The minimum absolute atomic E-state index is 0.695. The van der Waals surface area contributed by atoms with Crippen LogP contribution in [-0.4, -0.2) is 30.4 Å². The van der Waals surface area contributed by atoms with Crippen molar-refractivity contribution in [2.45, 2.75) is 0 Å². The van der Waals surface area contributed by atoms with Crippen molar-refractivity contribution in [2.24, 2.45) is 0 Å². The van der Waals surface area contributed by atoms with Gasteiger partial charge in [-0.1, -0.05) is 48.5 Å². The number of rotatable bonds is 5. The predicted octanol–water partition coefficient (Wildman–Crippen LogP) is 3.75. The van der Waals surface area contributed by atoms with Gasteiger partial charge < -0.3 is 17.7 Å². The van der Waals surface area contributed by atoms with Crippen molar-refractivity contribution >= 4 is 30.6 Å². The Bertz CT molecular complexity index is 791. The first kappa shape index (κ1) is 15.0. The second-order valence-electron chi connectivity index (χ2n) is 4.85. The van der Waals surface area contributed by atoms with E-state index in [4.69, 9.17) is 17.7 Å². The molecule has 4 nitrogen and oxygen atoms in total. The Balaban J connectivity index is 2.17. The zero-order valence-corrected chi connectivity index (χ0v) is 13.8. The average molecular weight is 314 g/mol. The fourth-order valence-corrected chi connectivity index (χ4v) is 3.81. The Kier molecular flexibility index (Phi) is 4.13. The summed E-state index contributed by atoms with van der Waals surface area (Å²) in [5.41, 5.74) is 0. The van der Waals surface area contributed by atoms with Crippen LogP contribution in [-0.2, 0) is 13.3 Å². The number of hydrogen-bond donors (Lipinski definition) is 0. The van der Waals surface area contributed by atoms with Crippen LogP contribution in [0.3, 0.4) is 0 Å². The van der Waals surface area contributed by atoms with Gasteiger partial charge in [-0.25, -0.2) is 0 Å². The molecule has 0 unspecified atom stereocenters. The van der Waals surface area contributed by atoms with E-state index in [0.717, 1.165) is 10.8 Å². The minimum atomic E-state index is -3.14. The molecule has 0 saturated carbocycles. The molecule has 3 rings (SSSR count). The lowest BCUT2D eigenvalue weighted by Gasteiger charge is -2.24. The molecule has 0 atom stereocenters. The van der Waals surface area contributed by atoms with Crippen molar-refractivity contribution in [1.82, 2.24) is 0 Å². The van der Waals surface area contributed by atoms with Crippen molar-refractivity contribution in [3.05, 3.63) is 54.6 Å². The first-order valence-electron chi connectivity index (χ1n) is 6.98. The van der Waals surface area contributed by atoms with Crippen LogP contribution >= 0.6 is 0 Å². The van der Waals surface area contributed by atoms with Crippen molar-refractivity contribution in [3.63, 3.8) is 0 Å². The lowest BCUT2D eigenvalue weighted by molar-refractivity contribution is 0.0516. The largest absolute Gasteiger partial charge is 0.748 e. The first-order chi connectivity index (χ1) is 10.7. The van der Waals surface area contributed by atoms with Gasteiger partial charge in [-0.3, -0.25) is 0 Å². The maximum atomic E-state index is 5.98. The van der Waals surface area contributed by atoms with E-state index in [0.29, 0.717) is 5.75 Å². The third-order valence-electron chi connectivity index (χ3n) is 3.73. The van der Waals surface area contributed by atoms with E-state index in [9.17, 15) is 0 Å². The molecule has 0 heterocycles. The van der Waals surface area contributed by atoms with Gasteiger partial charge in [0.05, 0.1) is 0 Å². The van der Waals surface area contributed by atoms with Crippen molar-refractivity contribution in [1.29, 1.82) is 0 Å². The van der Waals surface area contributed by atoms with Crippen LogP contribution in [0.15, 0.2) is 54.6 Å². The summed E-state index contributed by atoms with van der Waals surface area (Å²) in [6, 6.07) is 18.4. The molecule has 0 radical (unpaired) electrons. The molecular formula is C17H18O4Si. The Hall–Kier alpha value is -1.92. The van der Waals surface area contributed by atoms with Crippen molar-refractivity contribution < 1.29 is 17.7 Å². The van der Waals surface area contributed by atoms with Crippen LogP contribution in [0.1, 0.15) is 0 Å². The smallest absolute Gasteiger partial charge is 0.479 e. The molecule has 0 spiro atoms. The highest BCUT2D eigenvalue weighted by Crippen LogP contribution is 2.33. The van der Waals surface area contributed by atoms with Crippen LogP contribution in [0.25, 0.3) is 21.5 Å². The Labute approximate surface area is 130 Å². The van der Waals surface area contributed by atoms with Gasteiger partial charge in [0.25, 0.3) is 0 Å². The lowest BCUT2D eigenvalue weighted by Crippen LogP contribution is -2.49. The summed E-state index contributed by atoms with van der Waals surface area (Å²) in [6.07, 6.45) is 0. The van der Waals surface area contributed by atoms with E-state index in [1.165, 1.54) is 32.1 Å². The summed E-state index contributed by atoms with van der Waals surface area (Å²) in [7, 11) is 1.44. The zero-order valence-electron chi connectivity index (χ0n) is 12.8. The SMILES string of the molecule is CO[Si](OC)(OC)Oc1cccc2c1ccc1ccccc12. The van der Waals surface area contributed by atoms with Gasteiger partial charge in [0.15, 0.2) is 0 Å². The highest BCUT2D eigenvalue weighted by atomic mass is 28.4. The summed E-state index contributed by atoms with van der Waals surface area (Å²) in [5.74, 6) is 0.695. The van der Waals surface area contributed by atoms with E-state index in [-0.39, 0.29) is 0 Å². The van der Waals surface area contributed by atoms with Gasteiger partial charge in [-0.2, -0.15) is 0 Å². The summed E-state index contributed by atoms with van der Waals surface area (Å²) in [6.45, 7) is 0. The molecule has 3 aromatic rings. The van der Waals surface area contributed by atoms with Gasteiger partial charge in [0.2, 0.25) is 0 Å². The second-order valence-corrected chi connectivity index (χ2v) is 7.28. The topological polar surface area (TPSA) is 36.9 Å². The molecule has 0 aliphatic rings. The molecule has 0 bridgehead atoms. The van der Waals surface area contributed by atoms with E-state index in [1.54, 1.807) is 0 Å². The normalized spacial score (nSPS) is 12.0. The van der Waals surface area contributed by atoms with E-state index >= 15 is 0 Å². The van der Waals surface area contributed by atoms with Crippen molar-refractivity contribution in [2.75, 3.05) is 21.3 Å². The fraction of sp³-hybridized carbons (Fsp3) is 0.176. The van der Waals surface area contributed by atoms with Crippen LogP contribution in [0.2, 0.25) is 0 Å². The lowest BCUT2D eigenvalue weighted by atomic mass is 10.0. The highest BCUT2D eigenvalue weighted by molar-refractivity contribution is 6.54. The number of hydrogen-bond acceptors (Lipinski definition) is 4. The molecule has 0 amide bonds. The van der Waals surface area contributed by atoms with Gasteiger partial charge >= 0.3 is 9.05 Å². The quantitative estimate of drug-likeness (QED) is 0.531. The summed E-state index contributed by atoms with van der Waals surface area (Å²) >= 11 is 0. The zero-order chi connectivity index (χ0) is 15.6. The Morgan fingerprint density at radius 1 is 0.636 bits per heavy atom. The van der Waals surface area contributed by atoms with Crippen LogP contribution < -0.4 is 4.43 Å². The molecule has 0 aliphatic heterocycles. The summed E-state index contributed by atoms with van der Waals surface area (Å²) < 4.78 is 22.0. The maximum Gasteiger partial charge on any atom is 0.748 e. The molecule has 5 heteroatoms. The molecule has 114 valence electrons. The van der Waals surface area contributed by atoms with Crippen LogP contribution in [0, 0.1) is 0 Å². The molecule has 0 fully saturated rings. The van der Waals surface area contributed by atoms with Crippen LogP contribution in [0.4, 0.5) is 0 Å². The first-order valence-corrected chi connectivity index (χ1v) is 8.61. The molecule has 0 aromatic heterocycles. The molecule has 0 aliphatic carbocycles. The number of benzene rings is 3. The third-order valence-corrected chi connectivity index (χ3v) is 5.70. The number of fused-ring (bicyclic) bond motifs is 3. The van der Waals surface area contributed by atoms with Crippen LogP contribution in [0.5, 0.6) is 5.75 Å².